The number of thiophene rings is 1. The van der Waals surface area contributed by atoms with Crippen molar-refractivity contribution in [3.8, 4) is 0 Å². The van der Waals surface area contributed by atoms with E-state index in [2.05, 4.69) is 6.07 Å². The molecular weight excluding hydrogens is 298 g/mol. The molecule has 1 N–H and O–H groups in total. The van der Waals surface area contributed by atoms with Gasteiger partial charge in [-0.25, -0.2) is 0 Å². The third kappa shape index (κ3) is 3.51. The summed E-state index contributed by atoms with van der Waals surface area (Å²) in [7, 11) is 0. The second-order valence-corrected chi connectivity index (χ2v) is 7.59. The summed E-state index contributed by atoms with van der Waals surface area (Å²) in [6.07, 6.45) is 7.84. The number of amides is 1. The molecule has 1 aromatic rings. The van der Waals surface area contributed by atoms with Crippen LogP contribution < -0.4 is 0 Å². The Morgan fingerprint density at radius 2 is 1.91 bits per heavy atom. The van der Waals surface area contributed by atoms with Crippen LogP contribution in [-0.2, 0) is 17.6 Å². The topological polar surface area (TPSA) is 57.6 Å². The average Bonchev–Trinajstić information content (AvgIpc) is 2.78. The Morgan fingerprint density at radius 3 is 2.64 bits per heavy atom. The molecule has 1 amide bonds. The molecule has 1 aliphatic carbocycles. The smallest absolute Gasteiger partial charge is 0.303 e. The van der Waals surface area contributed by atoms with Crippen LogP contribution in [0.4, 0.5) is 0 Å². The summed E-state index contributed by atoms with van der Waals surface area (Å²) in [6, 6.07) is 2.11. The highest BCUT2D eigenvalue weighted by Crippen LogP contribution is 2.30. The largest absolute Gasteiger partial charge is 0.481 e. The Kier molecular flexibility index (Phi) is 4.81. The summed E-state index contributed by atoms with van der Waals surface area (Å²) in [4.78, 5) is 27.6. The molecule has 1 saturated heterocycles. The SMILES string of the molecule is O=C(O)CC1CCN(C(=O)c2cc3c(s2)CCCCC3)CC1. The monoisotopic (exact) mass is 321 g/mol. The molecule has 0 bridgehead atoms. The number of carbonyl (C=O) groups is 2. The number of carboxylic acids is 1. The molecule has 5 heteroatoms. The van der Waals surface area contributed by atoms with Crippen molar-refractivity contribution < 1.29 is 14.7 Å². The van der Waals surface area contributed by atoms with Crippen LogP contribution >= 0.6 is 11.3 Å². The zero-order valence-electron chi connectivity index (χ0n) is 12.8. The number of carbonyl (C=O) groups excluding carboxylic acids is 1. The maximum atomic E-state index is 12.7. The molecule has 1 aromatic heterocycles. The van der Waals surface area contributed by atoms with Gasteiger partial charge in [-0.15, -0.1) is 11.3 Å². The minimum atomic E-state index is -0.730. The third-order valence-corrected chi connectivity index (χ3v) is 6.05. The zero-order chi connectivity index (χ0) is 15.5. The van der Waals surface area contributed by atoms with E-state index in [1.54, 1.807) is 11.3 Å². The zero-order valence-corrected chi connectivity index (χ0v) is 13.7. The van der Waals surface area contributed by atoms with Crippen LogP contribution in [0.15, 0.2) is 6.07 Å². The van der Waals surface area contributed by atoms with Gasteiger partial charge in [-0.2, -0.15) is 0 Å². The van der Waals surface area contributed by atoms with E-state index in [9.17, 15) is 9.59 Å². The Hall–Kier alpha value is -1.36. The van der Waals surface area contributed by atoms with Crippen LogP contribution in [0, 0.1) is 5.92 Å². The predicted octanol–water partition coefficient (Wildman–Crippen LogP) is 3.34. The lowest BCUT2D eigenvalue weighted by Crippen LogP contribution is -2.38. The van der Waals surface area contributed by atoms with Crippen molar-refractivity contribution >= 4 is 23.2 Å². The summed E-state index contributed by atoms with van der Waals surface area (Å²) in [5.74, 6) is -0.361. The minimum Gasteiger partial charge on any atom is -0.481 e. The first-order valence-electron chi connectivity index (χ1n) is 8.26. The van der Waals surface area contributed by atoms with E-state index in [-0.39, 0.29) is 18.2 Å². The number of aliphatic carboxylic acids is 1. The molecule has 3 rings (SSSR count). The highest BCUT2D eigenvalue weighted by atomic mass is 32.1. The molecule has 1 fully saturated rings. The number of hydrogen-bond donors (Lipinski definition) is 1. The number of nitrogens with zero attached hydrogens (tertiary/aromatic N) is 1. The molecule has 0 unspecified atom stereocenters. The number of fused-ring (bicyclic) bond motifs is 1. The third-order valence-electron chi connectivity index (χ3n) is 4.82. The quantitative estimate of drug-likeness (QED) is 0.869. The minimum absolute atomic E-state index is 0.145. The van der Waals surface area contributed by atoms with Crippen LogP contribution in [0.3, 0.4) is 0 Å². The van der Waals surface area contributed by atoms with Crippen molar-refractivity contribution in [2.24, 2.45) is 5.92 Å². The fraction of sp³-hybridized carbons (Fsp3) is 0.647. The summed E-state index contributed by atoms with van der Waals surface area (Å²) >= 11 is 1.68. The van der Waals surface area contributed by atoms with Gasteiger partial charge in [0.15, 0.2) is 0 Å². The molecule has 1 aliphatic heterocycles. The molecule has 0 saturated carbocycles. The van der Waals surface area contributed by atoms with Gasteiger partial charge in [-0.1, -0.05) is 6.42 Å². The molecule has 0 spiro atoms. The fourth-order valence-corrected chi connectivity index (χ4v) is 4.74. The van der Waals surface area contributed by atoms with Gasteiger partial charge in [0.25, 0.3) is 5.91 Å². The van der Waals surface area contributed by atoms with Crippen LogP contribution in [0.1, 0.15) is 58.6 Å². The van der Waals surface area contributed by atoms with E-state index in [0.717, 1.165) is 30.6 Å². The van der Waals surface area contributed by atoms with Gasteiger partial charge >= 0.3 is 5.97 Å². The van der Waals surface area contributed by atoms with Gasteiger partial charge < -0.3 is 10.0 Å². The van der Waals surface area contributed by atoms with E-state index < -0.39 is 5.97 Å². The number of carboxylic acid groups (broad SMARTS) is 1. The lowest BCUT2D eigenvalue weighted by molar-refractivity contribution is -0.138. The van der Waals surface area contributed by atoms with E-state index in [1.807, 2.05) is 4.90 Å². The molecule has 2 aliphatic rings. The second kappa shape index (κ2) is 6.82. The first kappa shape index (κ1) is 15.5. The molecule has 0 radical (unpaired) electrons. The number of aryl methyl sites for hydroxylation is 2. The Labute approximate surface area is 135 Å². The highest BCUT2D eigenvalue weighted by Gasteiger charge is 2.26. The van der Waals surface area contributed by atoms with Crippen LogP contribution in [0.5, 0.6) is 0 Å². The van der Waals surface area contributed by atoms with Gasteiger partial charge in [0.1, 0.15) is 0 Å². The maximum Gasteiger partial charge on any atom is 0.303 e. The second-order valence-electron chi connectivity index (χ2n) is 6.45. The van der Waals surface area contributed by atoms with E-state index in [1.165, 1.54) is 29.7 Å². The van der Waals surface area contributed by atoms with Gasteiger partial charge in [0.2, 0.25) is 0 Å². The van der Waals surface area contributed by atoms with E-state index in [4.69, 9.17) is 5.11 Å². The Morgan fingerprint density at radius 1 is 1.18 bits per heavy atom. The standard InChI is InChI=1S/C17H23NO3S/c19-16(20)10-12-6-8-18(9-7-12)17(21)15-11-13-4-2-1-3-5-14(13)22-15/h11-12H,1-10H2,(H,19,20). The first-order valence-corrected chi connectivity index (χ1v) is 9.08. The van der Waals surface area contributed by atoms with E-state index >= 15 is 0 Å². The van der Waals surface area contributed by atoms with Crippen molar-refractivity contribution in [2.75, 3.05) is 13.1 Å². The van der Waals surface area contributed by atoms with Crippen molar-refractivity contribution in [3.05, 3.63) is 21.4 Å². The van der Waals surface area contributed by atoms with Crippen molar-refractivity contribution in [1.29, 1.82) is 0 Å². The summed E-state index contributed by atoms with van der Waals surface area (Å²) in [5, 5.41) is 8.86. The number of piperidine rings is 1. The molecule has 0 atom stereocenters. The number of rotatable bonds is 3. The predicted molar refractivity (Wildman–Crippen MR) is 86.5 cm³/mol. The lowest BCUT2D eigenvalue weighted by atomic mass is 9.93. The first-order chi connectivity index (χ1) is 10.6. The fourth-order valence-electron chi connectivity index (χ4n) is 3.52. The maximum absolute atomic E-state index is 12.7. The Bertz CT molecular complexity index is 535. The van der Waals surface area contributed by atoms with Gasteiger partial charge in [0, 0.05) is 24.4 Å². The number of hydrogen-bond acceptors (Lipinski definition) is 3. The van der Waals surface area contributed by atoms with Crippen molar-refractivity contribution in [3.63, 3.8) is 0 Å². The normalized spacial score (nSPS) is 19.5. The van der Waals surface area contributed by atoms with E-state index in [0.29, 0.717) is 13.1 Å². The molecule has 2 heterocycles. The van der Waals surface area contributed by atoms with Crippen LogP contribution in [0.25, 0.3) is 0 Å². The van der Waals surface area contributed by atoms with Gasteiger partial charge in [0.05, 0.1) is 4.88 Å². The molecule has 0 aromatic carbocycles. The molecular formula is C17H23NO3S. The molecule has 4 nitrogen and oxygen atoms in total. The van der Waals surface area contributed by atoms with Crippen molar-refractivity contribution in [2.45, 2.75) is 51.4 Å². The Balaban J connectivity index is 1.62. The average molecular weight is 321 g/mol. The molecule has 120 valence electrons. The number of likely N-dealkylation sites (tertiary alicyclic amines) is 1. The van der Waals surface area contributed by atoms with Gasteiger partial charge in [-0.05, 0) is 56.1 Å². The van der Waals surface area contributed by atoms with Crippen LogP contribution in [-0.4, -0.2) is 35.0 Å². The van der Waals surface area contributed by atoms with Crippen molar-refractivity contribution in [1.82, 2.24) is 4.90 Å². The van der Waals surface area contributed by atoms with Gasteiger partial charge in [-0.3, -0.25) is 9.59 Å². The summed E-state index contributed by atoms with van der Waals surface area (Å²) < 4.78 is 0. The van der Waals surface area contributed by atoms with Crippen LogP contribution in [0.2, 0.25) is 0 Å². The molecule has 22 heavy (non-hydrogen) atoms. The summed E-state index contributed by atoms with van der Waals surface area (Å²) in [6.45, 7) is 1.39. The highest BCUT2D eigenvalue weighted by molar-refractivity contribution is 7.14. The summed E-state index contributed by atoms with van der Waals surface area (Å²) in [5.41, 5.74) is 1.38. The lowest BCUT2D eigenvalue weighted by Gasteiger charge is -2.31.